The monoisotopic (exact) mass is 356 g/mol. The molecule has 0 saturated heterocycles. The maximum Gasteiger partial charge on any atom is 0.296 e. The Morgan fingerprint density at radius 3 is 1.43 bits per heavy atom. The third-order valence-electron chi connectivity index (χ3n) is 2.89. The molecule has 0 saturated carbocycles. The smallest absolute Gasteiger partial charge is 0.296 e. The molecule has 0 aliphatic rings. The van der Waals surface area contributed by atoms with Gasteiger partial charge in [-0.15, -0.1) is 0 Å². The van der Waals surface area contributed by atoms with Crippen molar-refractivity contribution in [2.75, 3.05) is 13.2 Å². The predicted octanol–water partition coefficient (Wildman–Crippen LogP) is 5.69. The molecule has 2 aromatic carbocycles. The molecule has 0 atom stereocenters. The van der Waals surface area contributed by atoms with Crippen molar-refractivity contribution in [1.82, 2.24) is 0 Å². The normalized spacial score (nSPS) is 11.7. The van der Waals surface area contributed by atoms with Crippen molar-refractivity contribution in [3.8, 4) is 0 Å². The number of benzene rings is 2. The van der Waals surface area contributed by atoms with Crippen LogP contribution in [0.5, 0.6) is 0 Å². The third-order valence-corrected chi connectivity index (χ3v) is 4.29. The molecule has 0 spiro atoms. The number of halogens is 2. The summed E-state index contributed by atoms with van der Waals surface area (Å²) >= 11 is 1.89. The summed E-state index contributed by atoms with van der Waals surface area (Å²) in [7, 11) is 0. The summed E-state index contributed by atoms with van der Waals surface area (Å²) < 4.78 is 37.4. The third kappa shape index (κ3) is 6.91. The van der Waals surface area contributed by atoms with E-state index in [1.807, 2.05) is 62.4 Å². The first-order chi connectivity index (χ1) is 10.9. The molecule has 23 heavy (non-hydrogen) atoms. The molecule has 0 bridgehead atoms. The topological polar surface area (TPSA) is 18.5 Å². The number of hydrogen-bond donors (Lipinski definition) is 0. The highest BCUT2D eigenvalue weighted by Gasteiger charge is 2.30. The highest BCUT2D eigenvalue weighted by Crippen LogP contribution is 2.26. The molecule has 124 valence electrons. The van der Waals surface area contributed by atoms with Crippen molar-refractivity contribution in [2.45, 2.75) is 29.6 Å². The Morgan fingerprint density at radius 1 is 0.739 bits per heavy atom. The van der Waals surface area contributed by atoms with Crippen molar-refractivity contribution in [1.29, 1.82) is 0 Å². The van der Waals surface area contributed by atoms with Gasteiger partial charge in [-0.05, 0) is 38.1 Å². The van der Waals surface area contributed by atoms with Gasteiger partial charge in [-0.2, -0.15) is 0 Å². The minimum absolute atomic E-state index is 0.694. The van der Waals surface area contributed by atoms with E-state index in [4.69, 9.17) is 8.37 Å². The lowest BCUT2D eigenvalue weighted by atomic mass is 10.2. The van der Waals surface area contributed by atoms with E-state index in [2.05, 4.69) is 0 Å². The average Bonchev–Trinajstić information content (AvgIpc) is 2.51. The van der Waals surface area contributed by atoms with Gasteiger partial charge in [-0.25, -0.2) is 8.78 Å². The Bertz CT molecular complexity index is 547. The molecule has 2 rings (SSSR count). The van der Waals surface area contributed by atoms with Crippen LogP contribution in [0.15, 0.2) is 58.3 Å². The SMILES string of the molecule is Cc1ccc(SOCC(F)(F)COSc2ccc(C)cc2)cc1. The zero-order valence-corrected chi connectivity index (χ0v) is 14.6. The minimum Gasteiger partial charge on any atom is -0.304 e. The molecule has 0 amide bonds. The van der Waals surface area contributed by atoms with Crippen LogP contribution in [0.25, 0.3) is 0 Å². The molecule has 0 radical (unpaired) electrons. The standard InChI is InChI=1S/C17H18F2O2S2/c1-13-3-7-15(8-4-13)22-20-11-17(18,19)12-21-23-16-9-5-14(2)6-10-16/h3-10H,11-12H2,1-2H3. The van der Waals surface area contributed by atoms with Crippen LogP contribution in [0.3, 0.4) is 0 Å². The number of aryl methyl sites for hydroxylation is 2. The lowest BCUT2D eigenvalue weighted by Crippen LogP contribution is -2.27. The van der Waals surface area contributed by atoms with Crippen LogP contribution >= 0.6 is 24.1 Å². The quantitative estimate of drug-likeness (QED) is 0.566. The van der Waals surface area contributed by atoms with Gasteiger partial charge < -0.3 is 8.37 Å². The predicted molar refractivity (Wildman–Crippen MR) is 90.9 cm³/mol. The van der Waals surface area contributed by atoms with E-state index in [-0.39, 0.29) is 0 Å². The van der Waals surface area contributed by atoms with Crippen LogP contribution in [0.2, 0.25) is 0 Å². The molecule has 0 aliphatic heterocycles. The fraction of sp³-hybridized carbons (Fsp3) is 0.294. The Morgan fingerprint density at radius 2 is 1.09 bits per heavy atom. The maximum atomic E-state index is 13.7. The highest BCUT2D eigenvalue weighted by atomic mass is 32.2. The van der Waals surface area contributed by atoms with Crippen molar-refractivity contribution in [2.24, 2.45) is 0 Å². The number of hydrogen-bond acceptors (Lipinski definition) is 4. The fourth-order valence-electron chi connectivity index (χ4n) is 1.60. The molecule has 2 nitrogen and oxygen atoms in total. The van der Waals surface area contributed by atoms with Gasteiger partial charge in [0, 0.05) is 33.9 Å². The van der Waals surface area contributed by atoms with Crippen molar-refractivity contribution in [3.05, 3.63) is 59.7 Å². The van der Waals surface area contributed by atoms with E-state index < -0.39 is 19.1 Å². The zero-order chi connectivity index (χ0) is 16.7. The second-order valence-electron chi connectivity index (χ2n) is 5.17. The first-order valence-electron chi connectivity index (χ1n) is 7.05. The minimum atomic E-state index is -3.03. The van der Waals surface area contributed by atoms with Crippen LogP contribution in [0.1, 0.15) is 11.1 Å². The van der Waals surface area contributed by atoms with Gasteiger partial charge in [-0.1, -0.05) is 35.4 Å². The van der Waals surface area contributed by atoms with Crippen LogP contribution in [0.4, 0.5) is 8.78 Å². The first kappa shape index (κ1) is 18.3. The van der Waals surface area contributed by atoms with Gasteiger partial charge in [0.1, 0.15) is 13.2 Å². The van der Waals surface area contributed by atoms with Crippen LogP contribution in [-0.2, 0) is 8.37 Å². The summed E-state index contributed by atoms with van der Waals surface area (Å²) in [5.74, 6) is -3.03. The molecule has 0 unspecified atom stereocenters. The molecule has 6 heteroatoms. The summed E-state index contributed by atoms with van der Waals surface area (Å²) in [6.07, 6.45) is 0. The van der Waals surface area contributed by atoms with E-state index in [0.29, 0.717) is 0 Å². The van der Waals surface area contributed by atoms with E-state index >= 15 is 0 Å². The summed E-state index contributed by atoms with van der Waals surface area (Å²) in [5.41, 5.74) is 2.22. The van der Waals surface area contributed by atoms with Gasteiger partial charge in [0.25, 0.3) is 5.92 Å². The van der Waals surface area contributed by atoms with E-state index in [0.717, 1.165) is 45.0 Å². The van der Waals surface area contributed by atoms with E-state index in [9.17, 15) is 8.78 Å². The largest absolute Gasteiger partial charge is 0.304 e. The summed E-state index contributed by atoms with van der Waals surface area (Å²) in [6.45, 7) is 2.54. The summed E-state index contributed by atoms with van der Waals surface area (Å²) in [4.78, 5) is 1.59. The lowest BCUT2D eigenvalue weighted by Gasteiger charge is -2.15. The maximum absolute atomic E-state index is 13.7. The molecular weight excluding hydrogens is 338 g/mol. The molecule has 0 heterocycles. The van der Waals surface area contributed by atoms with Crippen molar-refractivity contribution < 1.29 is 17.1 Å². The van der Waals surface area contributed by atoms with Gasteiger partial charge in [0.2, 0.25) is 0 Å². The molecule has 0 aromatic heterocycles. The Labute approximate surface area is 144 Å². The average molecular weight is 356 g/mol. The first-order valence-corrected chi connectivity index (χ1v) is 8.53. The van der Waals surface area contributed by atoms with E-state index in [1.165, 1.54) is 0 Å². The zero-order valence-electron chi connectivity index (χ0n) is 12.9. The summed E-state index contributed by atoms with van der Waals surface area (Å²) in [6, 6.07) is 15.0. The molecular formula is C17H18F2O2S2. The Kier molecular flexibility index (Phi) is 6.89. The molecule has 2 aromatic rings. The molecule has 0 aliphatic carbocycles. The van der Waals surface area contributed by atoms with Crippen LogP contribution < -0.4 is 0 Å². The van der Waals surface area contributed by atoms with Crippen LogP contribution in [0, 0.1) is 13.8 Å². The lowest BCUT2D eigenvalue weighted by molar-refractivity contribution is -0.0645. The Balaban J connectivity index is 1.69. The van der Waals surface area contributed by atoms with Crippen molar-refractivity contribution >= 4 is 24.1 Å². The van der Waals surface area contributed by atoms with Crippen LogP contribution in [-0.4, -0.2) is 19.1 Å². The fourth-order valence-corrected chi connectivity index (χ4v) is 2.83. The van der Waals surface area contributed by atoms with Gasteiger partial charge in [0.15, 0.2) is 0 Å². The van der Waals surface area contributed by atoms with Gasteiger partial charge >= 0.3 is 0 Å². The van der Waals surface area contributed by atoms with E-state index in [1.54, 1.807) is 0 Å². The second-order valence-corrected chi connectivity index (χ2v) is 6.92. The summed E-state index contributed by atoms with van der Waals surface area (Å²) in [5, 5.41) is 0. The van der Waals surface area contributed by atoms with Gasteiger partial charge in [0.05, 0.1) is 0 Å². The number of rotatable bonds is 8. The highest BCUT2D eigenvalue weighted by molar-refractivity contribution is 7.95. The van der Waals surface area contributed by atoms with Gasteiger partial charge in [-0.3, -0.25) is 0 Å². The number of alkyl halides is 2. The van der Waals surface area contributed by atoms with Crippen molar-refractivity contribution in [3.63, 3.8) is 0 Å². The molecule has 0 N–H and O–H groups in total. The Hall–Kier alpha value is -1.08. The second kappa shape index (κ2) is 8.68. The molecule has 0 fully saturated rings.